The maximum Gasteiger partial charge on any atom is 0.251 e. The Labute approximate surface area is 222 Å². The van der Waals surface area contributed by atoms with Gasteiger partial charge in [-0.05, 0) is 61.0 Å². The third-order valence-electron chi connectivity index (χ3n) is 6.03. The van der Waals surface area contributed by atoms with Gasteiger partial charge in [-0.15, -0.1) is 11.8 Å². The molecule has 0 unspecified atom stereocenters. The van der Waals surface area contributed by atoms with Gasteiger partial charge >= 0.3 is 0 Å². The van der Waals surface area contributed by atoms with E-state index in [1.165, 1.54) is 10.5 Å². The first-order valence-corrected chi connectivity index (χ1v) is 13.8. The molecule has 0 spiro atoms. The number of amides is 1. The number of unbranched alkanes of at least 4 members (excludes halogenated alkanes) is 1. The average Bonchev–Trinajstić information content (AvgIpc) is 3.63. The lowest BCUT2D eigenvalue weighted by Crippen LogP contribution is -2.26. The van der Waals surface area contributed by atoms with Crippen molar-refractivity contribution in [2.75, 3.05) is 19.3 Å². The Bertz CT molecular complexity index is 1140. The molecule has 0 atom stereocenters. The van der Waals surface area contributed by atoms with Gasteiger partial charge < -0.3 is 20.6 Å². The zero-order valence-electron chi connectivity index (χ0n) is 21.2. The molecule has 194 valence electrons. The fourth-order valence-corrected chi connectivity index (χ4v) is 4.44. The van der Waals surface area contributed by atoms with E-state index in [-0.39, 0.29) is 5.91 Å². The Kier molecular flexibility index (Phi) is 10.4. The van der Waals surface area contributed by atoms with E-state index in [0.717, 1.165) is 49.7 Å². The van der Waals surface area contributed by atoms with Gasteiger partial charge in [-0.1, -0.05) is 24.3 Å². The molecule has 4 N–H and O–H groups in total. The van der Waals surface area contributed by atoms with Crippen LogP contribution in [0.5, 0.6) is 0 Å². The summed E-state index contributed by atoms with van der Waals surface area (Å²) in [5.41, 5.74) is 3.10. The predicted molar refractivity (Wildman–Crippen MR) is 148 cm³/mol. The van der Waals surface area contributed by atoms with Crippen molar-refractivity contribution < 1.29 is 4.79 Å². The number of H-pyrrole nitrogens is 2. The molecule has 37 heavy (non-hydrogen) atoms. The van der Waals surface area contributed by atoms with Gasteiger partial charge in [-0.3, -0.25) is 9.69 Å². The normalized spacial score (nSPS) is 11.2. The van der Waals surface area contributed by atoms with Gasteiger partial charge in [-0.2, -0.15) is 0 Å². The van der Waals surface area contributed by atoms with E-state index in [2.05, 4.69) is 66.0 Å². The summed E-state index contributed by atoms with van der Waals surface area (Å²) in [5.74, 6) is 1.78. The number of thioether (sulfide) groups is 1. The third-order valence-corrected chi connectivity index (χ3v) is 6.78. The van der Waals surface area contributed by atoms with Crippen molar-refractivity contribution in [3.8, 4) is 0 Å². The molecule has 4 rings (SSSR count). The highest BCUT2D eigenvalue weighted by molar-refractivity contribution is 7.98. The summed E-state index contributed by atoms with van der Waals surface area (Å²) in [6.45, 7) is 4.54. The molecular weight excluding hydrogens is 482 g/mol. The Hall–Kier alpha value is -3.40. The highest BCUT2D eigenvalue weighted by Crippen LogP contribution is 2.15. The van der Waals surface area contributed by atoms with Crippen LogP contribution >= 0.6 is 11.8 Å². The maximum absolute atomic E-state index is 12.6. The number of hydrogen-bond acceptors (Lipinski definition) is 6. The van der Waals surface area contributed by atoms with Crippen LogP contribution in [0, 0.1) is 0 Å². The summed E-state index contributed by atoms with van der Waals surface area (Å²) in [6.07, 6.45) is 11.2. The number of carbonyl (C=O) groups is 1. The van der Waals surface area contributed by atoms with E-state index in [4.69, 9.17) is 0 Å². The van der Waals surface area contributed by atoms with Crippen LogP contribution < -0.4 is 10.6 Å². The molecule has 8 nitrogen and oxygen atoms in total. The minimum Gasteiger partial charge on any atom is -0.352 e. The summed E-state index contributed by atoms with van der Waals surface area (Å²) in [5, 5.41) is 6.51. The second kappa shape index (κ2) is 14.4. The quantitative estimate of drug-likeness (QED) is 0.138. The Morgan fingerprint density at radius 1 is 0.838 bits per heavy atom. The first-order valence-electron chi connectivity index (χ1n) is 12.6. The molecule has 0 saturated heterocycles. The van der Waals surface area contributed by atoms with E-state index >= 15 is 0 Å². The van der Waals surface area contributed by atoms with E-state index < -0.39 is 0 Å². The molecule has 0 saturated carbocycles. The van der Waals surface area contributed by atoms with Crippen molar-refractivity contribution in [2.24, 2.45) is 0 Å². The van der Waals surface area contributed by atoms with Gasteiger partial charge in [0.15, 0.2) is 0 Å². The lowest BCUT2D eigenvalue weighted by atomic mass is 10.1. The summed E-state index contributed by atoms with van der Waals surface area (Å²) >= 11 is 1.76. The molecule has 0 aliphatic heterocycles. The largest absolute Gasteiger partial charge is 0.352 e. The van der Waals surface area contributed by atoms with Crippen molar-refractivity contribution in [2.45, 2.75) is 43.9 Å². The number of benzene rings is 2. The molecule has 4 aromatic rings. The number of nitrogens with one attached hydrogen (secondary N) is 4. The zero-order chi connectivity index (χ0) is 25.7. The fraction of sp³-hybridized carbons (Fsp3) is 0.321. The van der Waals surface area contributed by atoms with Crippen LogP contribution in [0.3, 0.4) is 0 Å². The summed E-state index contributed by atoms with van der Waals surface area (Å²) < 4.78 is 0. The topological polar surface area (TPSA) is 102 Å². The molecule has 0 fully saturated rings. The Morgan fingerprint density at radius 2 is 1.46 bits per heavy atom. The average molecular weight is 518 g/mol. The molecule has 1 amide bonds. The second-order valence-electron chi connectivity index (χ2n) is 8.90. The Balaban J connectivity index is 1.16. The van der Waals surface area contributed by atoms with Gasteiger partial charge in [0.2, 0.25) is 0 Å². The van der Waals surface area contributed by atoms with Crippen LogP contribution in [0.1, 0.15) is 46.0 Å². The van der Waals surface area contributed by atoms with Crippen LogP contribution in [0.15, 0.2) is 78.2 Å². The lowest BCUT2D eigenvalue weighted by molar-refractivity contribution is 0.0953. The highest BCUT2D eigenvalue weighted by Gasteiger charge is 2.12. The van der Waals surface area contributed by atoms with Gasteiger partial charge in [0, 0.05) is 54.9 Å². The molecule has 0 aliphatic rings. The summed E-state index contributed by atoms with van der Waals surface area (Å²) in [4.78, 5) is 31.1. The zero-order valence-corrected chi connectivity index (χ0v) is 22.1. The van der Waals surface area contributed by atoms with Crippen LogP contribution in [0.2, 0.25) is 0 Å². The third kappa shape index (κ3) is 8.89. The number of hydrogen-bond donors (Lipinski definition) is 4. The number of aromatic amines is 2. The Morgan fingerprint density at radius 3 is 2.05 bits per heavy atom. The number of aromatic nitrogens is 4. The molecule has 0 aliphatic carbocycles. The SMILES string of the molecule is CSc1ccc(CNCCCCNC(=O)c2ccc(CN(Cc3ncc[nH]3)Cc3ncc[nH]3)cc2)cc1. The van der Waals surface area contributed by atoms with Crippen LogP contribution in [-0.2, 0) is 26.2 Å². The second-order valence-corrected chi connectivity index (χ2v) is 9.78. The summed E-state index contributed by atoms with van der Waals surface area (Å²) in [6, 6.07) is 16.5. The smallest absolute Gasteiger partial charge is 0.251 e. The number of nitrogens with zero attached hydrogens (tertiary/aromatic N) is 3. The molecular formula is C28H35N7OS. The molecule has 2 heterocycles. The van der Waals surface area contributed by atoms with Crippen molar-refractivity contribution in [3.05, 3.63) is 102 Å². The van der Waals surface area contributed by atoms with E-state index in [0.29, 0.717) is 25.2 Å². The highest BCUT2D eigenvalue weighted by atomic mass is 32.2. The minimum absolute atomic E-state index is 0.0311. The van der Waals surface area contributed by atoms with Crippen molar-refractivity contribution in [3.63, 3.8) is 0 Å². The van der Waals surface area contributed by atoms with E-state index in [1.54, 1.807) is 24.2 Å². The first kappa shape index (κ1) is 26.7. The van der Waals surface area contributed by atoms with Crippen LogP contribution in [0.4, 0.5) is 0 Å². The number of imidazole rings is 2. The van der Waals surface area contributed by atoms with Crippen molar-refractivity contribution in [1.29, 1.82) is 0 Å². The fourth-order valence-electron chi connectivity index (χ4n) is 4.04. The first-order chi connectivity index (χ1) is 18.2. The molecule has 0 bridgehead atoms. The van der Waals surface area contributed by atoms with Crippen molar-refractivity contribution in [1.82, 2.24) is 35.5 Å². The van der Waals surface area contributed by atoms with Gasteiger partial charge in [-0.25, -0.2) is 9.97 Å². The molecule has 0 radical (unpaired) electrons. The van der Waals surface area contributed by atoms with Crippen LogP contribution in [-0.4, -0.2) is 50.1 Å². The molecule has 9 heteroatoms. The molecule has 2 aromatic heterocycles. The van der Waals surface area contributed by atoms with Gasteiger partial charge in [0.25, 0.3) is 5.91 Å². The lowest BCUT2D eigenvalue weighted by Gasteiger charge is -2.20. The molecule has 2 aromatic carbocycles. The minimum atomic E-state index is -0.0311. The maximum atomic E-state index is 12.6. The van der Waals surface area contributed by atoms with Gasteiger partial charge in [0.05, 0.1) is 13.1 Å². The standard InChI is InChI=1S/C28H35N7OS/c1-37-25-10-6-22(7-11-25)18-29-12-2-3-13-34-28(36)24-8-4-23(5-9-24)19-35(20-26-30-14-15-31-26)21-27-32-16-17-33-27/h4-11,14-17,29H,2-3,12-13,18-21H2,1H3,(H,30,31)(H,32,33)(H,34,36). The monoisotopic (exact) mass is 517 g/mol. The predicted octanol–water partition coefficient (Wildman–Crippen LogP) is 4.36. The van der Waals surface area contributed by atoms with Crippen LogP contribution in [0.25, 0.3) is 0 Å². The van der Waals surface area contributed by atoms with Crippen molar-refractivity contribution >= 4 is 17.7 Å². The number of rotatable bonds is 15. The summed E-state index contributed by atoms with van der Waals surface area (Å²) in [7, 11) is 0. The van der Waals surface area contributed by atoms with E-state index in [1.807, 2.05) is 36.7 Å². The number of carbonyl (C=O) groups excluding carboxylic acids is 1. The van der Waals surface area contributed by atoms with Gasteiger partial charge in [0.1, 0.15) is 11.6 Å². The van der Waals surface area contributed by atoms with E-state index in [9.17, 15) is 4.79 Å².